The van der Waals surface area contributed by atoms with Gasteiger partial charge in [0.2, 0.25) is 10.0 Å². The molecule has 90 valence electrons. The van der Waals surface area contributed by atoms with E-state index in [2.05, 4.69) is 0 Å². The van der Waals surface area contributed by atoms with E-state index < -0.39 is 26.3 Å². The summed E-state index contributed by atoms with van der Waals surface area (Å²) in [5.41, 5.74) is -0.820. The van der Waals surface area contributed by atoms with Gasteiger partial charge in [-0.15, -0.1) is 0 Å². The second-order valence-corrected chi connectivity index (χ2v) is 6.20. The summed E-state index contributed by atoms with van der Waals surface area (Å²) in [7, 11) is -3.78. The van der Waals surface area contributed by atoms with Crippen molar-refractivity contribution in [2.75, 3.05) is 0 Å². The molecule has 0 aliphatic carbocycles. The van der Waals surface area contributed by atoms with Gasteiger partial charge in [0.25, 0.3) is 0 Å². The minimum Gasteiger partial charge on any atom is -0.254 e. The molecule has 0 N–H and O–H groups in total. The summed E-state index contributed by atoms with van der Waals surface area (Å²) in [5, 5.41) is -1.80. The van der Waals surface area contributed by atoms with Crippen LogP contribution < -0.4 is 5.69 Å². The fourth-order valence-electron chi connectivity index (χ4n) is 1.19. The van der Waals surface area contributed by atoms with Crippen molar-refractivity contribution in [3.63, 3.8) is 0 Å². The summed E-state index contributed by atoms with van der Waals surface area (Å²) < 4.78 is 24.7. The first-order valence-corrected chi connectivity index (χ1v) is 6.33. The molecule has 1 aromatic rings. The lowest BCUT2D eigenvalue weighted by molar-refractivity contribution is 0.260. The van der Waals surface area contributed by atoms with Crippen molar-refractivity contribution in [3.8, 4) is 0 Å². The standard InChI is InChI=1S/C8H11ClN2O4S/c1-5(2)16(14,15)11-6(3)4-10(7(9)12)8(11)13/h4-5H,1-3H3. The molecule has 1 heterocycles. The van der Waals surface area contributed by atoms with E-state index in [1.807, 2.05) is 0 Å². The average molecular weight is 267 g/mol. The minimum absolute atomic E-state index is 0.146. The molecule has 0 amide bonds. The fourth-order valence-corrected chi connectivity index (χ4v) is 2.49. The number of hydrogen-bond acceptors (Lipinski definition) is 4. The molecule has 8 heteroatoms. The monoisotopic (exact) mass is 266 g/mol. The van der Waals surface area contributed by atoms with Gasteiger partial charge in [-0.1, -0.05) is 0 Å². The zero-order valence-corrected chi connectivity index (χ0v) is 10.5. The maximum atomic E-state index is 11.8. The van der Waals surface area contributed by atoms with Crippen molar-refractivity contribution in [3.05, 3.63) is 22.4 Å². The highest BCUT2D eigenvalue weighted by Crippen LogP contribution is 2.07. The van der Waals surface area contributed by atoms with Gasteiger partial charge in [-0.05, 0) is 32.4 Å². The van der Waals surface area contributed by atoms with Gasteiger partial charge in [0.15, 0.2) is 0 Å². The van der Waals surface area contributed by atoms with Crippen LogP contribution in [0.2, 0.25) is 0 Å². The summed E-state index contributed by atoms with van der Waals surface area (Å²) in [6.07, 6.45) is 1.09. The molecule has 0 saturated carbocycles. The van der Waals surface area contributed by atoms with Crippen LogP contribution in [0.5, 0.6) is 0 Å². The molecule has 0 aliphatic heterocycles. The second kappa shape index (κ2) is 4.06. The first-order valence-electron chi connectivity index (χ1n) is 4.44. The molecule has 1 rings (SSSR count). The normalized spacial score (nSPS) is 12.1. The molecule has 1 aromatic heterocycles. The lowest BCUT2D eigenvalue weighted by atomic mass is 10.6. The number of aromatic nitrogens is 2. The number of imidazole rings is 1. The van der Waals surface area contributed by atoms with Crippen LogP contribution in [-0.2, 0) is 10.0 Å². The van der Waals surface area contributed by atoms with Crippen LogP contribution >= 0.6 is 11.6 Å². The van der Waals surface area contributed by atoms with Crippen molar-refractivity contribution in [2.45, 2.75) is 26.0 Å². The third-order valence-corrected chi connectivity index (χ3v) is 4.38. The Labute approximate surface area is 97.5 Å². The summed E-state index contributed by atoms with van der Waals surface area (Å²) in [4.78, 5) is 22.5. The number of hydrogen-bond donors (Lipinski definition) is 0. The van der Waals surface area contributed by atoms with Gasteiger partial charge in [0.05, 0.1) is 10.9 Å². The maximum absolute atomic E-state index is 11.8. The number of nitrogens with zero attached hydrogens (tertiary/aromatic N) is 2. The van der Waals surface area contributed by atoms with Gasteiger partial charge in [0.1, 0.15) is 0 Å². The quantitative estimate of drug-likeness (QED) is 0.740. The third kappa shape index (κ3) is 1.92. The van der Waals surface area contributed by atoms with Crippen LogP contribution in [0.4, 0.5) is 4.79 Å². The molecule has 0 aromatic carbocycles. The van der Waals surface area contributed by atoms with E-state index in [4.69, 9.17) is 11.6 Å². The number of rotatable bonds is 2. The van der Waals surface area contributed by atoms with Crippen LogP contribution in [0.15, 0.2) is 11.0 Å². The lowest BCUT2D eigenvalue weighted by Gasteiger charge is -2.08. The zero-order chi connectivity index (χ0) is 12.7. The van der Waals surface area contributed by atoms with Crippen LogP contribution in [0, 0.1) is 6.92 Å². The Morgan fingerprint density at radius 3 is 2.25 bits per heavy atom. The summed E-state index contributed by atoms with van der Waals surface area (Å²) >= 11 is 5.14. The molecule has 6 nitrogen and oxygen atoms in total. The summed E-state index contributed by atoms with van der Waals surface area (Å²) in [6.45, 7) is 4.31. The van der Waals surface area contributed by atoms with Gasteiger partial charge in [-0.2, -0.15) is 3.97 Å². The van der Waals surface area contributed by atoms with Crippen molar-refractivity contribution >= 4 is 27.0 Å². The lowest BCUT2D eigenvalue weighted by Crippen LogP contribution is -2.35. The molecule has 0 saturated heterocycles. The van der Waals surface area contributed by atoms with Crippen molar-refractivity contribution in [1.82, 2.24) is 8.54 Å². The van der Waals surface area contributed by atoms with Crippen molar-refractivity contribution in [2.24, 2.45) is 0 Å². The highest BCUT2D eigenvalue weighted by molar-refractivity contribution is 7.90. The van der Waals surface area contributed by atoms with Gasteiger partial charge < -0.3 is 0 Å². The SMILES string of the molecule is Cc1cn(C(=O)Cl)c(=O)n1S(=O)(=O)C(C)C. The summed E-state index contributed by atoms with van der Waals surface area (Å²) in [5.74, 6) is 0. The fraction of sp³-hybridized carbons (Fsp3) is 0.500. The predicted molar refractivity (Wildman–Crippen MR) is 59.5 cm³/mol. The zero-order valence-electron chi connectivity index (χ0n) is 8.97. The highest BCUT2D eigenvalue weighted by atomic mass is 35.5. The molecule has 0 bridgehead atoms. The molecular weight excluding hydrogens is 256 g/mol. The number of halogens is 1. The van der Waals surface area contributed by atoms with E-state index >= 15 is 0 Å². The van der Waals surface area contributed by atoms with Crippen LogP contribution in [-0.4, -0.2) is 27.6 Å². The van der Waals surface area contributed by atoms with E-state index in [1.54, 1.807) is 0 Å². The Morgan fingerprint density at radius 1 is 1.44 bits per heavy atom. The van der Waals surface area contributed by atoms with E-state index in [9.17, 15) is 18.0 Å². The average Bonchev–Trinajstić information content (AvgIpc) is 2.41. The van der Waals surface area contributed by atoms with E-state index in [0.717, 1.165) is 6.20 Å². The molecule has 0 fully saturated rings. The third-order valence-electron chi connectivity index (χ3n) is 2.06. The minimum atomic E-state index is -3.78. The number of carbonyl (C=O) groups is 1. The van der Waals surface area contributed by atoms with Crippen molar-refractivity contribution in [1.29, 1.82) is 0 Å². The van der Waals surface area contributed by atoms with Crippen LogP contribution in [0.1, 0.15) is 19.5 Å². The molecule has 0 aliphatic rings. The van der Waals surface area contributed by atoms with Gasteiger partial charge in [-0.3, -0.25) is 4.79 Å². The Balaban J connectivity index is 3.61. The maximum Gasteiger partial charge on any atom is 0.350 e. The van der Waals surface area contributed by atoms with Gasteiger partial charge in [0, 0.05) is 6.20 Å². The Morgan fingerprint density at radius 2 is 1.94 bits per heavy atom. The first kappa shape index (κ1) is 13.0. The molecule has 0 spiro atoms. The highest BCUT2D eigenvalue weighted by Gasteiger charge is 2.25. The first-order chi connectivity index (χ1) is 7.19. The van der Waals surface area contributed by atoms with E-state index in [0.29, 0.717) is 8.54 Å². The van der Waals surface area contributed by atoms with Crippen LogP contribution in [0.3, 0.4) is 0 Å². The van der Waals surface area contributed by atoms with Gasteiger partial charge in [-0.25, -0.2) is 17.8 Å². The topological polar surface area (TPSA) is 78.1 Å². The largest absolute Gasteiger partial charge is 0.350 e. The smallest absolute Gasteiger partial charge is 0.254 e. The molecule has 0 atom stereocenters. The van der Waals surface area contributed by atoms with E-state index in [-0.39, 0.29) is 5.69 Å². The molecule has 0 radical (unpaired) electrons. The predicted octanol–water partition coefficient (Wildman–Crippen LogP) is 0.751. The van der Waals surface area contributed by atoms with Crippen LogP contribution in [0.25, 0.3) is 0 Å². The number of aryl methyl sites for hydroxylation is 1. The second-order valence-electron chi connectivity index (χ2n) is 3.53. The van der Waals surface area contributed by atoms with Crippen molar-refractivity contribution < 1.29 is 13.2 Å². The van der Waals surface area contributed by atoms with E-state index in [1.165, 1.54) is 20.8 Å². The summed E-state index contributed by atoms with van der Waals surface area (Å²) in [6, 6.07) is 0. The Kier molecular flexibility index (Phi) is 3.30. The molecular formula is C8H11ClN2O4S. The number of carbonyl (C=O) groups excluding carboxylic acids is 1. The molecule has 0 unspecified atom stereocenters. The Bertz CT molecular complexity index is 582. The molecule has 16 heavy (non-hydrogen) atoms. The van der Waals surface area contributed by atoms with Gasteiger partial charge >= 0.3 is 11.1 Å². The Hall–Kier alpha value is -1.08.